The third-order valence-electron chi connectivity index (χ3n) is 5.98. The molecule has 1 aromatic heterocycles. The number of carbonyl (C=O) groups excluding carboxylic acids is 2. The Morgan fingerprint density at radius 2 is 1.97 bits per heavy atom. The zero-order valence-corrected chi connectivity index (χ0v) is 22.0. The molecule has 35 heavy (non-hydrogen) atoms. The number of thiazole rings is 1. The van der Waals surface area contributed by atoms with Gasteiger partial charge in [0.1, 0.15) is 22.4 Å². The molecule has 0 aliphatic heterocycles. The molecule has 1 heterocycles. The van der Waals surface area contributed by atoms with E-state index in [2.05, 4.69) is 28.2 Å². The zero-order valence-electron chi connectivity index (χ0n) is 19.5. The number of aliphatic carboxylic acids is 1. The van der Waals surface area contributed by atoms with Gasteiger partial charge in [0, 0.05) is 23.1 Å². The van der Waals surface area contributed by atoms with Crippen molar-refractivity contribution < 1.29 is 23.9 Å². The van der Waals surface area contributed by atoms with Crippen molar-refractivity contribution >= 4 is 53.4 Å². The van der Waals surface area contributed by atoms with Crippen molar-refractivity contribution in [3.63, 3.8) is 0 Å². The van der Waals surface area contributed by atoms with E-state index in [1.165, 1.54) is 29.7 Å². The first-order chi connectivity index (χ1) is 16.5. The molecule has 1 saturated carbocycles. The lowest BCUT2D eigenvalue weighted by Crippen LogP contribution is -2.61. The average molecular weight is 542 g/mol. The molecule has 0 unspecified atom stereocenters. The lowest BCUT2D eigenvalue weighted by Gasteiger charge is -2.31. The van der Waals surface area contributed by atoms with Gasteiger partial charge in [-0.15, -0.1) is 11.3 Å². The predicted molar refractivity (Wildman–Crippen MR) is 137 cm³/mol. The second-order valence-electron chi connectivity index (χ2n) is 9.25. The van der Waals surface area contributed by atoms with Crippen LogP contribution in [0.3, 0.4) is 0 Å². The Hall–Kier alpha value is -2.17. The van der Waals surface area contributed by atoms with Crippen LogP contribution in [-0.4, -0.2) is 44.7 Å². The van der Waals surface area contributed by atoms with Crippen LogP contribution >= 0.6 is 35.6 Å². The summed E-state index contributed by atoms with van der Waals surface area (Å²) in [6, 6.07) is 3.03. The van der Waals surface area contributed by atoms with E-state index in [0.29, 0.717) is 34.7 Å². The number of nitrogens with zero attached hydrogens (tertiary/aromatic N) is 1. The van der Waals surface area contributed by atoms with Crippen molar-refractivity contribution in [2.24, 2.45) is 5.92 Å². The summed E-state index contributed by atoms with van der Waals surface area (Å²) in [5.41, 5.74) is -0.536. The van der Waals surface area contributed by atoms with E-state index in [-0.39, 0.29) is 23.3 Å². The maximum Gasteiger partial charge on any atom is 0.326 e. The Morgan fingerprint density at radius 1 is 1.29 bits per heavy atom. The van der Waals surface area contributed by atoms with Crippen LogP contribution in [0.1, 0.15) is 50.8 Å². The molecule has 1 aliphatic rings. The van der Waals surface area contributed by atoms with E-state index in [9.17, 15) is 23.9 Å². The van der Waals surface area contributed by atoms with Gasteiger partial charge < -0.3 is 15.7 Å². The van der Waals surface area contributed by atoms with Crippen LogP contribution in [-0.2, 0) is 20.8 Å². The summed E-state index contributed by atoms with van der Waals surface area (Å²) in [4.78, 5) is 42.9. The monoisotopic (exact) mass is 541 g/mol. The number of hydrogen-bond acceptors (Lipinski definition) is 6. The molecule has 1 fully saturated rings. The van der Waals surface area contributed by atoms with Crippen molar-refractivity contribution in [3.8, 4) is 10.6 Å². The first kappa shape index (κ1) is 27.4. The van der Waals surface area contributed by atoms with Crippen LogP contribution in [0.15, 0.2) is 24.4 Å². The number of carboxylic acid groups (broad SMARTS) is 1. The zero-order chi connectivity index (χ0) is 25.8. The van der Waals surface area contributed by atoms with Gasteiger partial charge in [-0.2, -0.15) is 12.6 Å². The van der Waals surface area contributed by atoms with E-state index in [4.69, 9.17) is 11.6 Å². The van der Waals surface area contributed by atoms with E-state index in [1.807, 2.05) is 13.8 Å². The minimum Gasteiger partial charge on any atom is -0.480 e. The van der Waals surface area contributed by atoms with Crippen LogP contribution in [0, 0.1) is 11.7 Å². The van der Waals surface area contributed by atoms with Crippen molar-refractivity contribution in [1.29, 1.82) is 0 Å². The maximum atomic E-state index is 13.5. The predicted octanol–water partition coefficient (Wildman–Crippen LogP) is 4.49. The molecule has 190 valence electrons. The minimum absolute atomic E-state index is 0.0141. The van der Waals surface area contributed by atoms with Gasteiger partial charge in [-0.25, -0.2) is 14.2 Å². The number of nitrogens with one attached hydrogen (secondary N) is 2. The summed E-state index contributed by atoms with van der Waals surface area (Å²) in [5.74, 6) is -2.29. The molecule has 2 aromatic rings. The van der Waals surface area contributed by atoms with Gasteiger partial charge in [-0.3, -0.25) is 9.59 Å². The number of aromatic nitrogens is 1. The number of hydrogen-bond donors (Lipinski definition) is 4. The molecule has 0 saturated heterocycles. The third kappa shape index (κ3) is 6.95. The topological polar surface area (TPSA) is 108 Å². The third-order valence-corrected chi connectivity index (χ3v) is 7.78. The average Bonchev–Trinajstić information content (AvgIpc) is 3.45. The SMILES string of the molecule is CC(C)C[C@H](S)C(=O)NC1(C(=O)N[C@@H](Cc2cnc(-c3ccc(F)c(Cl)c3)s2)C(=O)O)CCCC1. The maximum absolute atomic E-state index is 13.5. The first-order valence-corrected chi connectivity index (χ1v) is 13.2. The molecule has 2 amide bonds. The minimum atomic E-state index is -1.20. The Bertz CT molecular complexity index is 1090. The van der Waals surface area contributed by atoms with Gasteiger partial charge in [0.05, 0.1) is 10.3 Å². The standard InChI is InChI=1S/C24H29ClFN3O4S2/c1-13(2)9-19(34)20(30)29-24(7-3-4-8-24)23(33)28-18(22(31)32)11-15-12-27-21(35-15)14-5-6-17(26)16(25)10-14/h5-6,10,12-13,18-19,34H,3-4,7-9,11H2,1-2H3,(H,28,33)(H,29,30)(H,31,32)/t18-,19-/m0/s1. The molecule has 2 atom stereocenters. The highest BCUT2D eigenvalue weighted by Gasteiger charge is 2.44. The van der Waals surface area contributed by atoms with Gasteiger partial charge in [0.25, 0.3) is 0 Å². The number of rotatable bonds is 10. The first-order valence-electron chi connectivity index (χ1n) is 11.4. The van der Waals surface area contributed by atoms with E-state index in [0.717, 1.165) is 12.8 Å². The van der Waals surface area contributed by atoms with Crippen molar-refractivity contribution in [1.82, 2.24) is 15.6 Å². The Morgan fingerprint density at radius 3 is 2.57 bits per heavy atom. The highest BCUT2D eigenvalue weighted by molar-refractivity contribution is 7.81. The lowest BCUT2D eigenvalue weighted by atomic mass is 9.94. The quantitative estimate of drug-likeness (QED) is 0.331. The van der Waals surface area contributed by atoms with Gasteiger partial charge in [-0.05, 0) is 43.4 Å². The van der Waals surface area contributed by atoms with Gasteiger partial charge >= 0.3 is 5.97 Å². The molecule has 7 nitrogen and oxygen atoms in total. The summed E-state index contributed by atoms with van der Waals surface area (Å²) < 4.78 is 13.5. The van der Waals surface area contributed by atoms with Crippen molar-refractivity contribution in [2.45, 2.75) is 69.2 Å². The fraction of sp³-hybridized carbons (Fsp3) is 0.500. The Labute approximate surface area is 218 Å². The second kappa shape index (κ2) is 11.7. The fourth-order valence-corrected chi connectivity index (χ4v) is 5.74. The van der Waals surface area contributed by atoms with Crippen LogP contribution in [0.4, 0.5) is 4.39 Å². The van der Waals surface area contributed by atoms with E-state index >= 15 is 0 Å². The molecule has 3 rings (SSSR count). The highest BCUT2D eigenvalue weighted by Crippen LogP contribution is 2.32. The summed E-state index contributed by atoms with van der Waals surface area (Å²) >= 11 is 11.5. The lowest BCUT2D eigenvalue weighted by molar-refractivity contribution is -0.143. The number of halogens is 2. The summed E-state index contributed by atoms with van der Waals surface area (Å²) in [7, 11) is 0. The van der Waals surface area contributed by atoms with Crippen LogP contribution < -0.4 is 10.6 Å². The largest absolute Gasteiger partial charge is 0.480 e. The number of carboxylic acids is 1. The molecule has 3 N–H and O–H groups in total. The van der Waals surface area contributed by atoms with Gasteiger partial charge in [0.15, 0.2) is 0 Å². The molecular formula is C24H29ClFN3O4S2. The van der Waals surface area contributed by atoms with Crippen LogP contribution in [0.5, 0.6) is 0 Å². The molecule has 0 spiro atoms. The molecular weight excluding hydrogens is 513 g/mol. The molecule has 11 heteroatoms. The van der Waals surface area contributed by atoms with Gasteiger partial charge in [-0.1, -0.05) is 38.3 Å². The molecule has 0 radical (unpaired) electrons. The second-order valence-corrected chi connectivity index (χ2v) is 11.4. The number of carbonyl (C=O) groups is 3. The summed E-state index contributed by atoms with van der Waals surface area (Å²) in [5, 5.41) is 15.3. The van der Waals surface area contributed by atoms with Crippen molar-refractivity contribution in [3.05, 3.63) is 40.1 Å². The fourth-order valence-electron chi connectivity index (χ4n) is 4.12. The van der Waals surface area contributed by atoms with Crippen molar-refractivity contribution in [2.75, 3.05) is 0 Å². The Kier molecular flexibility index (Phi) is 9.17. The Balaban J connectivity index is 1.71. The van der Waals surface area contributed by atoms with E-state index < -0.39 is 34.5 Å². The highest BCUT2D eigenvalue weighted by atomic mass is 35.5. The number of thiol groups is 1. The van der Waals surface area contributed by atoms with Crippen LogP contribution in [0.25, 0.3) is 10.6 Å². The van der Waals surface area contributed by atoms with Gasteiger partial charge in [0.2, 0.25) is 11.8 Å². The normalized spacial score (nSPS) is 16.6. The number of amides is 2. The van der Waals surface area contributed by atoms with E-state index in [1.54, 1.807) is 6.07 Å². The molecule has 1 aromatic carbocycles. The summed E-state index contributed by atoms with van der Waals surface area (Å²) in [6.07, 6.45) is 4.50. The summed E-state index contributed by atoms with van der Waals surface area (Å²) in [6.45, 7) is 3.98. The number of benzene rings is 1. The molecule has 1 aliphatic carbocycles. The molecule has 0 bridgehead atoms. The smallest absolute Gasteiger partial charge is 0.326 e. The van der Waals surface area contributed by atoms with Crippen LogP contribution in [0.2, 0.25) is 5.02 Å².